The summed E-state index contributed by atoms with van der Waals surface area (Å²) in [6.45, 7) is 0.984. The van der Waals surface area contributed by atoms with Crippen LogP contribution in [0.3, 0.4) is 0 Å². The lowest BCUT2D eigenvalue weighted by Gasteiger charge is -2.39. The average molecular weight is 527 g/mol. The third kappa shape index (κ3) is 7.48. The van der Waals surface area contributed by atoms with Crippen molar-refractivity contribution in [3.8, 4) is 17.2 Å². The van der Waals surface area contributed by atoms with Gasteiger partial charge in [-0.1, -0.05) is 30.3 Å². The minimum atomic E-state index is -1.26. The normalized spacial score (nSPS) is 20.2. The second-order valence-corrected chi connectivity index (χ2v) is 9.10. The first kappa shape index (κ1) is 28.5. The van der Waals surface area contributed by atoms with Crippen LogP contribution in [-0.4, -0.2) is 72.4 Å². The van der Waals surface area contributed by atoms with Gasteiger partial charge in [0, 0.05) is 42.9 Å². The maximum absolute atomic E-state index is 13.1. The fourth-order valence-corrected chi connectivity index (χ4v) is 5.08. The van der Waals surface area contributed by atoms with Crippen molar-refractivity contribution >= 4 is 17.8 Å². The van der Waals surface area contributed by atoms with E-state index in [0.29, 0.717) is 47.0 Å². The third-order valence-electron chi connectivity index (χ3n) is 6.73. The van der Waals surface area contributed by atoms with Crippen LogP contribution in [0.25, 0.3) is 0 Å². The number of piperidine rings is 1. The Labute approximate surface area is 221 Å². The van der Waals surface area contributed by atoms with E-state index in [1.165, 1.54) is 18.4 Å². The summed E-state index contributed by atoms with van der Waals surface area (Å²) in [5, 5.41) is 18.9. The topological polar surface area (TPSA) is 135 Å². The van der Waals surface area contributed by atoms with Gasteiger partial charge in [-0.05, 0) is 37.3 Å². The zero-order valence-corrected chi connectivity index (χ0v) is 21.8. The van der Waals surface area contributed by atoms with Crippen LogP contribution in [0.2, 0.25) is 0 Å². The molecule has 2 unspecified atom stereocenters. The number of nitrogens with zero attached hydrogens (tertiary/aromatic N) is 1. The van der Waals surface area contributed by atoms with Crippen LogP contribution in [0.15, 0.2) is 54.6 Å². The molecule has 2 aliphatic heterocycles. The van der Waals surface area contributed by atoms with E-state index in [1.807, 2.05) is 0 Å². The molecular formula is C28H34N2O8. The molecule has 2 aromatic rings. The molecule has 4 rings (SSSR count). The summed E-state index contributed by atoms with van der Waals surface area (Å²) in [6.07, 6.45) is 5.45. The van der Waals surface area contributed by atoms with E-state index < -0.39 is 11.9 Å². The molecule has 2 aliphatic rings. The molecule has 10 heteroatoms. The first-order chi connectivity index (χ1) is 18.2. The van der Waals surface area contributed by atoms with Gasteiger partial charge in [-0.3, -0.25) is 9.69 Å². The Morgan fingerprint density at radius 1 is 0.921 bits per heavy atom. The van der Waals surface area contributed by atoms with Gasteiger partial charge in [0.25, 0.3) is 5.91 Å². The molecule has 0 radical (unpaired) electrons. The summed E-state index contributed by atoms with van der Waals surface area (Å²) in [4.78, 5) is 34.8. The van der Waals surface area contributed by atoms with Crippen molar-refractivity contribution in [2.75, 3.05) is 21.3 Å². The molecule has 38 heavy (non-hydrogen) atoms. The summed E-state index contributed by atoms with van der Waals surface area (Å²) in [6, 6.07) is 15.2. The van der Waals surface area contributed by atoms with Gasteiger partial charge in [0.1, 0.15) is 5.75 Å². The number of rotatable bonds is 9. The molecule has 0 spiro atoms. The largest absolute Gasteiger partial charge is 0.497 e. The highest BCUT2D eigenvalue weighted by Crippen LogP contribution is 2.38. The Morgan fingerprint density at radius 2 is 1.53 bits per heavy atom. The van der Waals surface area contributed by atoms with Crippen molar-refractivity contribution in [3.63, 3.8) is 0 Å². The average Bonchev–Trinajstić information content (AvgIpc) is 3.14. The Kier molecular flexibility index (Phi) is 10.1. The number of carbonyl (C=O) groups excluding carboxylic acids is 1. The van der Waals surface area contributed by atoms with Crippen molar-refractivity contribution in [2.24, 2.45) is 0 Å². The van der Waals surface area contributed by atoms with E-state index in [9.17, 15) is 14.4 Å². The second-order valence-electron chi connectivity index (χ2n) is 9.10. The summed E-state index contributed by atoms with van der Waals surface area (Å²) in [5.41, 5.74) is 1.79. The summed E-state index contributed by atoms with van der Waals surface area (Å²) in [7, 11) is 4.67. The molecule has 0 aromatic heterocycles. The Bertz CT molecular complexity index is 1120. The van der Waals surface area contributed by atoms with Gasteiger partial charge in [0.05, 0.1) is 26.9 Å². The number of amides is 1. The molecule has 10 nitrogen and oxygen atoms in total. The van der Waals surface area contributed by atoms with Crippen LogP contribution >= 0.6 is 0 Å². The van der Waals surface area contributed by atoms with Crippen LogP contribution in [0.4, 0.5) is 0 Å². The van der Waals surface area contributed by atoms with Crippen molar-refractivity contribution < 1.29 is 38.8 Å². The molecule has 2 bridgehead atoms. The molecule has 204 valence electrons. The van der Waals surface area contributed by atoms with Crippen molar-refractivity contribution in [3.05, 3.63) is 65.7 Å². The molecule has 1 amide bonds. The maximum Gasteiger partial charge on any atom is 0.328 e. The van der Waals surface area contributed by atoms with E-state index in [4.69, 9.17) is 24.4 Å². The van der Waals surface area contributed by atoms with Crippen molar-refractivity contribution in [1.82, 2.24) is 10.2 Å². The number of carbonyl (C=O) groups is 3. The first-order valence-corrected chi connectivity index (χ1v) is 12.3. The van der Waals surface area contributed by atoms with Gasteiger partial charge in [-0.25, -0.2) is 9.59 Å². The molecule has 2 aromatic carbocycles. The van der Waals surface area contributed by atoms with Crippen molar-refractivity contribution in [1.29, 1.82) is 0 Å². The SMILES string of the molecule is COc1cc(OC)c(OC)c(C(=O)NC2CC3CCC(C2)N3Cc2ccccc2)c1.O=C(O)/C=C/C(=O)O. The monoisotopic (exact) mass is 526 g/mol. The smallest absolute Gasteiger partial charge is 0.328 e. The molecular weight excluding hydrogens is 492 g/mol. The van der Waals surface area contributed by atoms with Gasteiger partial charge in [-0.15, -0.1) is 0 Å². The summed E-state index contributed by atoms with van der Waals surface area (Å²) in [5.74, 6) is -1.18. The highest BCUT2D eigenvalue weighted by molar-refractivity contribution is 5.98. The third-order valence-corrected chi connectivity index (χ3v) is 6.73. The molecule has 0 aliphatic carbocycles. The Hall–Kier alpha value is -4.05. The standard InChI is InChI=1S/C24H30N2O4.C4H4O4/c1-28-20-13-21(23(30-3)22(14-20)29-2)24(27)25-17-11-18-9-10-19(12-17)26(18)15-16-7-5-4-6-8-16;5-3(6)1-2-4(7)8/h4-8,13-14,17-19H,9-12,15H2,1-3H3,(H,25,27);1-2H,(H,5,6)(H,7,8)/b;2-1+. The molecule has 0 saturated carbocycles. The van der Waals surface area contributed by atoms with E-state index in [0.717, 1.165) is 19.4 Å². The highest BCUT2D eigenvalue weighted by atomic mass is 16.5. The van der Waals surface area contributed by atoms with Crippen LogP contribution in [0.1, 0.15) is 41.6 Å². The number of carboxylic acid groups (broad SMARTS) is 2. The number of fused-ring (bicyclic) bond motifs is 2. The molecule has 2 saturated heterocycles. The number of hydrogen-bond acceptors (Lipinski definition) is 7. The Morgan fingerprint density at radius 3 is 2.03 bits per heavy atom. The lowest BCUT2D eigenvalue weighted by atomic mass is 9.96. The fraction of sp³-hybridized carbons (Fsp3) is 0.393. The number of aliphatic carboxylic acids is 2. The summed E-state index contributed by atoms with van der Waals surface area (Å²) >= 11 is 0. The number of nitrogens with one attached hydrogen (secondary N) is 1. The minimum absolute atomic E-state index is 0.148. The van der Waals surface area contributed by atoms with Crippen LogP contribution in [-0.2, 0) is 16.1 Å². The fourth-order valence-electron chi connectivity index (χ4n) is 5.08. The molecule has 2 fully saturated rings. The highest BCUT2D eigenvalue weighted by Gasteiger charge is 2.41. The predicted molar refractivity (Wildman–Crippen MR) is 140 cm³/mol. The summed E-state index contributed by atoms with van der Waals surface area (Å²) < 4.78 is 16.2. The lowest BCUT2D eigenvalue weighted by molar-refractivity contribution is -0.134. The molecule has 2 atom stereocenters. The number of carboxylic acids is 2. The van der Waals surface area contributed by atoms with E-state index >= 15 is 0 Å². The predicted octanol–water partition coefficient (Wildman–Crippen LogP) is 3.35. The number of hydrogen-bond donors (Lipinski definition) is 3. The molecule has 3 N–H and O–H groups in total. The molecule has 2 heterocycles. The zero-order chi connectivity index (χ0) is 27.7. The quantitative estimate of drug-likeness (QED) is 0.421. The number of benzene rings is 2. The van der Waals surface area contributed by atoms with E-state index in [1.54, 1.807) is 33.5 Å². The van der Waals surface area contributed by atoms with Gasteiger partial charge in [-0.2, -0.15) is 0 Å². The van der Waals surface area contributed by atoms with Crippen molar-refractivity contribution in [2.45, 2.75) is 50.4 Å². The van der Waals surface area contributed by atoms with Gasteiger partial charge >= 0.3 is 11.9 Å². The van der Waals surface area contributed by atoms with Gasteiger partial charge in [0.2, 0.25) is 0 Å². The first-order valence-electron chi connectivity index (χ1n) is 12.3. The van der Waals surface area contributed by atoms with Gasteiger partial charge in [0.15, 0.2) is 11.5 Å². The van der Waals surface area contributed by atoms with Crippen LogP contribution in [0.5, 0.6) is 17.2 Å². The zero-order valence-electron chi connectivity index (χ0n) is 21.8. The van der Waals surface area contributed by atoms with E-state index in [2.05, 4.69) is 40.5 Å². The van der Waals surface area contributed by atoms with Gasteiger partial charge < -0.3 is 29.7 Å². The number of ether oxygens (including phenoxy) is 3. The Balaban J connectivity index is 0.000000436. The van der Waals surface area contributed by atoms with Crippen LogP contribution in [0, 0.1) is 0 Å². The maximum atomic E-state index is 13.1. The number of methoxy groups -OCH3 is 3. The minimum Gasteiger partial charge on any atom is -0.497 e. The van der Waals surface area contributed by atoms with Crippen LogP contribution < -0.4 is 19.5 Å². The second kappa shape index (κ2) is 13.5. The van der Waals surface area contributed by atoms with E-state index in [-0.39, 0.29) is 11.9 Å². The lowest BCUT2D eigenvalue weighted by Crippen LogP contribution is -2.50.